The summed E-state index contributed by atoms with van der Waals surface area (Å²) in [6, 6.07) is 5.46. The SMILES string of the molecule is COc1ccc(C(O)CC(C)CC(C)(C)C)cc1Cl. The second-order valence-electron chi connectivity index (χ2n) is 6.52. The number of hydrogen-bond acceptors (Lipinski definition) is 2. The Kier molecular flexibility index (Phi) is 5.69. The maximum atomic E-state index is 10.3. The van der Waals surface area contributed by atoms with Crippen LogP contribution in [0, 0.1) is 11.3 Å². The molecule has 0 saturated heterocycles. The van der Waals surface area contributed by atoms with Crippen LogP contribution in [-0.2, 0) is 0 Å². The van der Waals surface area contributed by atoms with Gasteiger partial charge >= 0.3 is 0 Å². The zero-order valence-electron chi connectivity index (χ0n) is 12.5. The van der Waals surface area contributed by atoms with Crippen LogP contribution < -0.4 is 4.74 Å². The highest BCUT2D eigenvalue weighted by Crippen LogP contribution is 2.33. The van der Waals surface area contributed by atoms with Crippen molar-refractivity contribution in [2.45, 2.75) is 46.6 Å². The van der Waals surface area contributed by atoms with Crippen LogP contribution in [0.2, 0.25) is 5.02 Å². The van der Waals surface area contributed by atoms with Crippen LogP contribution in [0.1, 0.15) is 52.2 Å². The maximum absolute atomic E-state index is 10.3. The van der Waals surface area contributed by atoms with Crippen LogP contribution >= 0.6 is 11.6 Å². The molecule has 1 aromatic carbocycles. The quantitative estimate of drug-likeness (QED) is 0.838. The Balaban J connectivity index is 2.68. The molecule has 0 fully saturated rings. The molecule has 108 valence electrons. The van der Waals surface area contributed by atoms with Crippen molar-refractivity contribution in [3.8, 4) is 5.75 Å². The van der Waals surface area contributed by atoms with Gasteiger partial charge in [-0.05, 0) is 41.9 Å². The van der Waals surface area contributed by atoms with Gasteiger partial charge in [0.2, 0.25) is 0 Å². The van der Waals surface area contributed by atoms with E-state index >= 15 is 0 Å². The molecule has 3 heteroatoms. The van der Waals surface area contributed by atoms with Crippen LogP contribution in [0.15, 0.2) is 18.2 Å². The molecule has 19 heavy (non-hydrogen) atoms. The summed E-state index contributed by atoms with van der Waals surface area (Å²) in [5.74, 6) is 1.11. The first-order chi connectivity index (χ1) is 8.73. The highest BCUT2D eigenvalue weighted by molar-refractivity contribution is 6.32. The molecule has 0 spiro atoms. The Morgan fingerprint density at radius 2 is 1.95 bits per heavy atom. The van der Waals surface area contributed by atoms with Gasteiger partial charge in [-0.25, -0.2) is 0 Å². The molecule has 0 aliphatic carbocycles. The number of aliphatic hydroxyl groups excluding tert-OH is 1. The van der Waals surface area contributed by atoms with Gasteiger partial charge in [-0.2, -0.15) is 0 Å². The van der Waals surface area contributed by atoms with E-state index in [4.69, 9.17) is 16.3 Å². The monoisotopic (exact) mass is 284 g/mol. The van der Waals surface area contributed by atoms with E-state index < -0.39 is 6.10 Å². The molecule has 2 atom stereocenters. The molecule has 0 aromatic heterocycles. The van der Waals surface area contributed by atoms with E-state index in [-0.39, 0.29) is 5.41 Å². The van der Waals surface area contributed by atoms with Gasteiger partial charge in [-0.15, -0.1) is 0 Å². The predicted molar refractivity (Wildman–Crippen MR) is 80.8 cm³/mol. The number of ether oxygens (including phenoxy) is 1. The molecule has 0 aliphatic rings. The van der Waals surface area contributed by atoms with Crippen molar-refractivity contribution >= 4 is 11.6 Å². The third-order valence-electron chi connectivity index (χ3n) is 3.15. The predicted octanol–water partition coefficient (Wildman–Crippen LogP) is 4.84. The Morgan fingerprint density at radius 1 is 1.32 bits per heavy atom. The summed E-state index contributed by atoms with van der Waals surface area (Å²) in [6.07, 6.45) is 1.37. The first-order valence-corrected chi connectivity index (χ1v) is 7.12. The van der Waals surface area contributed by atoms with Gasteiger partial charge in [0.1, 0.15) is 5.75 Å². The van der Waals surface area contributed by atoms with Crippen molar-refractivity contribution in [2.75, 3.05) is 7.11 Å². The third kappa shape index (κ3) is 5.42. The van der Waals surface area contributed by atoms with Crippen LogP contribution in [0.25, 0.3) is 0 Å². The van der Waals surface area contributed by atoms with Gasteiger partial charge in [0.15, 0.2) is 0 Å². The largest absolute Gasteiger partial charge is 0.495 e. The first kappa shape index (κ1) is 16.3. The summed E-state index contributed by atoms with van der Waals surface area (Å²) in [6.45, 7) is 8.85. The van der Waals surface area contributed by atoms with E-state index in [1.54, 1.807) is 19.2 Å². The van der Waals surface area contributed by atoms with Crippen LogP contribution in [-0.4, -0.2) is 12.2 Å². The third-order valence-corrected chi connectivity index (χ3v) is 3.44. The van der Waals surface area contributed by atoms with Crippen molar-refractivity contribution < 1.29 is 9.84 Å². The fraction of sp³-hybridized carbons (Fsp3) is 0.625. The Morgan fingerprint density at radius 3 is 2.42 bits per heavy atom. The molecule has 0 bridgehead atoms. The van der Waals surface area contributed by atoms with Crippen LogP contribution in [0.5, 0.6) is 5.75 Å². The standard InChI is InChI=1S/C16H25ClO2/c1-11(10-16(2,3)4)8-14(18)12-6-7-15(19-5)13(17)9-12/h6-7,9,11,14,18H,8,10H2,1-5H3. The van der Waals surface area contributed by atoms with E-state index in [0.29, 0.717) is 16.7 Å². The Labute approximate surface area is 121 Å². The van der Waals surface area contributed by atoms with Gasteiger partial charge in [0.25, 0.3) is 0 Å². The number of benzene rings is 1. The van der Waals surface area contributed by atoms with E-state index in [1.807, 2.05) is 6.07 Å². The summed E-state index contributed by atoms with van der Waals surface area (Å²) in [4.78, 5) is 0. The molecular weight excluding hydrogens is 260 g/mol. The summed E-state index contributed by atoms with van der Waals surface area (Å²) < 4.78 is 5.11. The van der Waals surface area contributed by atoms with E-state index in [1.165, 1.54) is 0 Å². The Bertz CT molecular complexity index is 410. The fourth-order valence-corrected chi connectivity index (χ4v) is 2.80. The Hall–Kier alpha value is -0.730. The molecular formula is C16H25ClO2. The minimum absolute atomic E-state index is 0.288. The minimum Gasteiger partial charge on any atom is -0.495 e. The lowest BCUT2D eigenvalue weighted by Crippen LogP contribution is -2.13. The van der Waals surface area contributed by atoms with Gasteiger partial charge in [-0.3, -0.25) is 0 Å². The number of rotatable bonds is 5. The summed E-state index contributed by atoms with van der Waals surface area (Å²) in [7, 11) is 1.59. The molecule has 0 saturated carbocycles. The molecule has 2 unspecified atom stereocenters. The second-order valence-corrected chi connectivity index (χ2v) is 6.92. The van der Waals surface area contributed by atoms with Crippen molar-refractivity contribution in [1.82, 2.24) is 0 Å². The molecule has 0 radical (unpaired) electrons. The second kappa shape index (κ2) is 6.62. The highest BCUT2D eigenvalue weighted by atomic mass is 35.5. The normalized spacial score (nSPS) is 15.1. The topological polar surface area (TPSA) is 29.5 Å². The maximum Gasteiger partial charge on any atom is 0.137 e. The van der Waals surface area contributed by atoms with E-state index in [0.717, 1.165) is 18.4 Å². The van der Waals surface area contributed by atoms with Crippen LogP contribution in [0.3, 0.4) is 0 Å². The molecule has 1 rings (SSSR count). The van der Waals surface area contributed by atoms with Gasteiger partial charge in [0.05, 0.1) is 18.2 Å². The molecule has 1 aromatic rings. The van der Waals surface area contributed by atoms with Crippen molar-refractivity contribution in [1.29, 1.82) is 0 Å². The minimum atomic E-state index is -0.472. The lowest BCUT2D eigenvalue weighted by Gasteiger charge is -2.25. The number of hydrogen-bond donors (Lipinski definition) is 1. The first-order valence-electron chi connectivity index (χ1n) is 6.74. The lowest BCUT2D eigenvalue weighted by atomic mass is 9.82. The molecule has 1 N–H and O–H groups in total. The van der Waals surface area contributed by atoms with Gasteiger partial charge in [-0.1, -0.05) is 45.4 Å². The zero-order valence-corrected chi connectivity index (χ0v) is 13.3. The zero-order chi connectivity index (χ0) is 14.6. The van der Waals surface area contributed by atoms with Gasteiger partial charge in [0, 0.05) is 0 Å². The number of halogens is 1. The summed E-state index contributed by atoms with van der Waals surface area (Å²) >= 11 is 6.08. The number of methoxy groups -OCH3 is 1. The van der Waals surface area contributed by atoms with Crippen molar-refractivity contribution in [2.24, 2.45) is 11.3 Å². The molecule has 2 nitrogen and oxygen atoms in total. The summed E-state index contributed by atoms with van der Waals surface area (Å²) in [5.41, 5.74) is 1.14. The van der Waals surface area contributed by atoms with E-state index in [9.17, 15) is 5.11 Å². The lowest BCUT2D eigenvalue weighted by molar-refractivity contribution is 0.134. The smallest absolute Gasteiger partial charge is 0.137 e. The number of aliphatic hydroxyl groups is 1. The average Bonchev–Trinajstić information content (AvgIpc) is 2.26. The van der Waals surface area contributed by atoms with Crippen LogP contribution in [0.4, 0.5) is 0 Å². The molecule has 0 heterocycles. The fourth-order valence-electron chi connectivity index (χ4n) is 2.54. The summed E-state index contributed by atoms with van der Waals surface area (Å²) in [5, 5.41) is 10.8. The molecule has 0 amide bonds. The molecule has 0 aliphatic heterocycles. The van der Waals surface area contributed by atoms with Crippen molar-refractivity contribution in [3.63, 3.8) is 0 Å². The van der Waals surface area contributed by atoms with Crippen molar-refractivity contribution in [3.05, 3.63) is 28.8 Å². The van der Waals surface area contributed by atoms with Gasteiger partial charge < -0.3 is 9.84 Å². The van der Waals surface area contributed by atoms with E-state index in [2.05, 4.69) is 27.7 Å². The highest BCUT2D eigenvalue weighted by Gasteiger charge is 2.19. The average molecular weight is 285 g/mol.